The molecule has 8 atom stereocenters. The molecule has 2 aliphatic heterocycles. The van der Waals surface area contributed by atoms with Gasteiger partial charge in [-0.3, -0.25) is 57.5 Å². The largest absolute Gasteiger partial charge is 0.417 e. The molecule has 1 spiro atoms. The first-order chi connectivity index (χ1) is 48.9. The Morgan fingerprint density at radius 1 is 0.606 bits per heavy atom. The number of likely N-dealkylation sites (N-methyl/N-ethyl adjacent to an activating group) is 8. The third-order valence-corrected chi connectivity index (χ3v) is 22.6. The summed E-state index contributed by atoms with van der Waals surface area (Å²) in [6.45, 7) is 6.04. The number of benzene rings is 1. The highest BCUT2D eigenvalue weighted by atomic mass is 35.5. The van der Waals surface area contributed by atoms with Gasteiger partial charge >= 0.3 is 6.18 Å². The molecule has 0 aromatic heterocycles. The Bertz CT molecular complexity index is 3180. The van der Waals surface area contributed by atoms with Crippen molar-refractivity contribution in [2.24, 2.45) is 23.7 Å². The number of carbonyl (C=O) groups is 12. The van der Waals surface area contributed by atoms with Crippen LogP contribution < -0.4 is 16.0 Å². The fourth-order valence-corrected chi connectivity index (χ4v) is 15.8. The number of carbonyl (C=O) groups excluding carboxylic acids is 12. The zero-order chi connectivity index (χ0) is 77.2. The van der Waals surface area contributed by atoms with Crippen LogP contribution >= 0.6 is 11.6 Å². The molecule has 1 aromatic carbocycles. The number of alkyl halides is 5. The van der Waals surface area contributed by atoms with Crippen LogP contribution in [0.15, 0.2) is 18.2 Å². The molecule has 3 N–H and O–H groups in total. The number of rotatable bonds is 14. The molecule has 104 heavy (non-hydrogen) atoms. The highest BCUT2D eigenvalue weighted by molar-refractivity contribution is 6.31. The summed E-state index contributed by atoms with van der Waals surface area (Å²) in [6.07, 6.45) is 0.165. The standard InChI is InChI=1S/C74H114ClF5N12O12/c1-13-47(4)63-70(102)86(7)44-61(95)84(5)45-62(96)88(9)56(41-48-25-17-14-18-26-48)68(100)85(6)43-59(93)81-53(32-30-49-29-31-51(52(75)40-49)74(78,79)80)67(99)89(10)54(33-34-58(76)77)66(98)83-73(35-21-22-36-73)72(104)91(12)64(50-27-19-15-20-28-50)71(103)90(11)57(69(101)92-37-23-16-24-38-92)42-60(94)87(8)55(39-46(2)3)65(97)82-63/h29,31,40,46-48,50,53-58,63-64H,13-28,30,32-39,41-45H2,1-12H3,(H,81,93)(H,82,97)(H,83,98)/t47-,53-,54-,55-,56-,57-,63-,64-/m0/s1. The quantitative estimate of drug-likeness (QED) is 0.155. The average molecular weight is 1490 g/mol. The smallest absolute Gasteiger partial charge is 0.343 e. The van der Waals surface area contributed by atoms with Crippen LogP contribution in [0.5, 0.6) is 0 Å². The summed E-state index contributed by atoms with van der Waals surface area (Å²) in [4.78, 5) is 190. The fraction of sp³-hybridized carbons (Fsp3) is 0.757. The number of aryl methyl sites for hydroxylation is 1. The minimum Gasteiger partial charge on any atom is -0.343 e. The summed E-state index contributed by atoms with van der Waals surface area (Å²) in [7, 11) is 10.8. The second-order valence-corrected chi connectivity index (χ2v) is 30.8. The maximum atomic E-state index is 15.8. The highest BCUT2D eigenvalue weighted by Crippen LogP contribution is 2.38. The number of amides is 12. The average Bonchev–Trinajstić information content (AvgIpc) is 1.39. The first-order valence-electron chi connectivity index (χ1n) is 37.3. The molecule has 2 heterocycles. The van der Waals surface area contributed by atoms with Gasteiger partial charge in [0.05, 0.1) is 36.6 Å². The molecule has 24 nitrogen and oxygen atoms in total. The van der Waals surface area contributed by atoms with Crippen molar-refractivity contribution in [1.29, 1.82) is 0 Å². The molecule has 0 unspecified atom stereocenters. The van der Waals surface area contributed by atoms with E-state index in [1.807, 2.05) is 20.8 Å². The van der Waals surface area contributed by atoms with E-state index in [0.29, 0.717) is 70.9 Å². The second-order valence-electron chi connectivity index (χ2n) is 30.4. The van der Waals surface area contributed by atoms with Crippen LogP contribution in [0.3, 0.4) is 0 Å². The lowest BCUT2D eigenvalue weighted by Crippen LogP contribution is -2.65. The number of likely N-dealkylation sites (tertiary alicyclic amines) is 1. The minimum atomic E-state index is -4.82. The number of hydrogen-bond donors (Lipinski definition) is 3. The van der Waals surface area contributed by atoms with Crippen LogP contribution in [0, 0.1) is 23.7 Å². The monoisotopic (exact) mass is 1490 g/mol. The van der Waals surface area contributed by atoms with Crippen LogP contribution in [0.1, 0.15) is 193 Å². The van der Waals surface area contributed by atoms with Gasteiger partial charge in [-0.15, -0.1) is 0 Å². The Hall–Kier alpha value is -7.20. The lowest BCUT2D eigenvalue weighted by Gasteiger charge is -2.43. The number of nitrogens with zero attached hydrogens (tertiary/aromatic N) is 9. The predicted octanol–water partition coefficient (Wildman–Crippen LogP) is 7.30. The summed E-state index contributed by atoms with van der Waals surface area (Å²) in [5, 5.41) is 7.74. The maximum Gasteiger partial charge on any atom is 0.417 e. The van der Waals surface area contributed by atoms with Crippen molar-refractivity contribution < 1.29 is 79.5 Å². The van der Waals surface area contributed by atoms with Crippen LogP contribution in [-0.2, 0) is 70.1 Å². The molecule has 12 amide bonds. The molecule has 1 aromatic rings. The van der Waals surface area contributed by atoms with E-state index in [2.05, 4.69) is 16.0 Å². The Balaban J connectivity index is 1.47. The van der Waals surface area contributed by atoms with Gasteiger partial charge in [0.25, 0.3) is 0 Å². The van der Waals surface area contributed by atoms with Gasteiger partial charge in [-0.2, -0.15) is 13.2 Å². The predicted molar refractivity (Wildman–Crippen MR) is 381 cm³/mol. The van der Waals surface area contributed by atoms with E-state index >= 15 is 28.8 Å². The van der Waals surface area contributed by atoms with E-state index in [1.165, 1.54) is 68.9 Å². The summed E-state index contributed by atoms with van der Waals surface area (Å²) in [5.74, 6) is -10.3. The van der Waals surface area contributed by atoms with Crippen LogP contribution in [0.25, 0.3) is 0 Å². The highest BCUT2D eigenvalue weighted by Gasteiger charge is 2.51. The topological polar surface area (TPSA) is 270 Å². The molecule has 5 aliphatic rings. The van der Waals surface area contributed by atoms with Gasteiger partial charge < -0.3 is 60.0 Å². The Morgan fingerprint density at radius 3 is 1.76 bits per heavy atom. The van der Waals surface area contributed by atoms with Gasteiger partial charge in [-0.05, 0) is 118 Å². The number of nitrogens with one attached hydrogen (secondary N) is 3. The molecule has 3 saturated carbocycles. The molecule has 0 bridgehead atoms. The van der Waals surface area contributed by atoms with Crippen molar-refractivity contribution in [1.82, 2.24) is 60.0 Å². The van der Waals surface area contributed by atoms with Gasteiger partial charge in [0.1, 0.15) is 47.8 Å². The third kappa shape index (κ3) is 22.7. The molecular weight excluding hydrogens is 1380 g/mol. The molecule has 6 rings (SSSR count). The zero-order valence-electron chi connectivity index (χ0n) is 63.1. The van der Waals surface area contributed by atoms with Crippen LogP contribution in [-0.4, -0.2) is 258 Å². The minimum absolute atomic E-state index is 0.0103. The summed E-state index contributed by atoms with van der Waals surface area (Å²) in [6, 6.07) is -6.92. The SMILES string of the molecule is CC[C@H](C)[C@@H]1NC(=O)[C@H](CC(C)C)N(C)C(=O)C[C@@H](C(=O)N2CCCCC2)N(C)C(=O)[C@H](C2CCCCC2)N(C)C(=O)C2(CCCC2)NC(=O)[C@H](CCC(F)F)N(C)C(=O)[C@H](CCc2ccc(C(F)(F)F)c(Cl)c2)NC(=O)CN(C)C(=O)[C@H](CC2CCCCC2)N(C)C(=O)CN(C)C(=O)CN(C)C1=O. The Labute approximate surface area is 615 Å². The zero-order valence-corrected chi connectivity index (χ0v) is 63.8. The van der Waals surface area contributed by atoms with Crippen LogP contribution in [0.4, 0.5) is 22.0 Å². The van der Waals surface area contributed by atoms with E-state index in [-0.39, 0.29) is 55.9 Å². The summed E-state index contributed by atoms with van der Waals surface area (Å²) < 4.78 is 70.7. The summed E-state index contributed by atoms with van der Waals surface area (Å²) >= 11 is 6.13. The van der Waals surface area contributed by atoms with Gasteiger partial charge in [0, 0.05) is 75.9 Å². The van der Waals surface area contributed by atoms with E-state index < -0.39 is 193 Å². The van der Waals surface area contributed by atoms with Crippen molar-refractivity contribution in [3.05, 3.63) is 34.3 Å². The third-order valence-electron chi connectivity index (χ3n) is 22.3. The van der Waals surface area contributed by atoms with E-state index in [0.717, 1.165) is 89.8 Å². The molecule has 3 aliphatic carbocycles. The molecule has 30 heteroatoms. The fourth-order valence-electron chi connectivity index (χ4n) is 15.5. The normalized spacial score (nSPS) is 25.9. The molecule has 0 radical (unpaired) electrons. The molecule has 5 fully saturated rings. The van der Waals surface area contributed by atoms with E-state index in [1.54, 1.807) is 11.8 Å². The van der Waals surface area contributed by atoms with Gasteiger partial charge in [0.15, 0.2) is 0 Å². The Kier molecular flexibility index (Phi) is 32.1. The van der Waals surface area contributed by atoms with Crippen molar-refractivity contribution in [3.8, 4) is 0 Å². The second kappa shape index (κ2) is 38.9. The number of hydrogen-bond acceptors (Lipinski definition) is 12. The van der Waals surface area contributed by atoms with E-state index in [4.69, 9.17) is 11.6 Å². The van der Waals surface area contributed by atoms with Gasteiger partial charge in [-0.25, -0.2) is 8.78 Å². The lowest BCUT2D eigenvalue weighted by molar-refractivity contribution is -0.157. The molecule has 584 valence electrons. The first-order valence-corrected chi connectivity index (χ1v) is 37.7. The maximum absolute atomic E-state index is 15.8. The molecule has 2 saturated heterocycles. The van der Waals surface area contributed by atoms with Crippen molar-refractivity contribution in [2.45, 2.75) is 249 Å². The van der Waals surface area contributed by atoms with Crippen molar-refractivity contribution in [2.75, 3.05) is 89.1 Å². The van der Waals surface area contributed by atoms with Gasteiger partial charge in [0.2, 0.25) is 77.3 Å². The lowest BCUT2D eigenvalue weighted by atomic mass is 9.81. The number of piperidine rings is 1. The molecular formula is C74H114ClF5N12O12. The van der Waals surface area contributed by atoms with Crippen molar-refractivity contribution in [3.63, 3.8) is 0 Å². The van der Waals surface area contributed by atoms with Gasteiger partial charge in [-0.1, -0.05) is 116 Å². The first kappa shape index (κ1) is 85.7. The van der Waals surface area contributed by atoms with Crippen LogP contribution in [0.2, 0.25) is 5.02 Å². The van der Waals surface area contributed by atoms with E-state index in [9.17, 15) is 50.7 Å². The Morgan fingerprint density at radius 2 is 1.18 bits per heavy atom. The number of halogens is 6. The summed E-state index contributed by atoms with van der Waals surface area (Å²) in [5.41, 5.74) is -2.74. The van der Waals surface area contributed by atoms with Crippen molar-refractivity contribution >= 4 is 82.5 Å².